The number of carbonyl (C=O) groups excluding carboxylic acids is 1. The standard InChI is InChI=1S/C11H17N5O4S/c1-2-21(20)4-3-12-11(19)15-5-8(6-15)16-7-9(10(17)18)13-14-16/h7-8H,2-6H2,1H3,(H,12,19)(H,17,18). The highest BCUT2D eigenvalue weighted by Gasteiger charge is 2.33. The monoisotopic (exact) mass is 315 g/mol. The lowest BCUT2D eigenvalue weighted by Crippen LogP contribution is -2.54. The van der Waals surface area contributed by atoms with E-state index in [0.29, 0.717) is 31.1 Å². The molecule has 0 bridgehead atoms. The summed E-state index contributed by atoms with van der Waals surface area (Å²) >= 11 is 0. The zero-order chi connectivity index (χ0) is 15.4. The summed E-state index contributed by atoms with van der Waals surface area (Å²) in [7, 11) is -0.890. The molecular formula is C11H17N5O4S. The number of urea groups is 1. The van der Waals surface area contributed by atoms with E-state index in [-0.39, 0.29) is 17.8 Å². The van der Waals surface area contributed by atoms with Gasteiger partial charge in [0, 0.05) is 41.9 Å². The fourth-order valence-corrected chi connectivity index (χ4v) is 2.49. The highest BCUT2D eigenvalue weighted by atomic mass is 32.2. The summed E-state index contributed by atoms with van der Waals surface area (Å²) in [5.41, 5.74) is -0.111. The first-order valence-corrected chi connectivity index (χ1v) is 8.03. The molecule has 116 valence electrons. The maximum atomic E-state index is 11.8. The fourth-order valence-electron chi connectivity index (χ4n) is 1.87. The smallest absolute Gasteiger partial charge is 0.358 e. The van der Waals surface area contributed by atoms with Gasteiger partial charge < -0.3 is 15.3 Å². The van der Waals surface area contributed by atoms with Crippen molar-refractivity contribution in [1.82, 2.24) is 25.2 Å². The van der Waals surface area contributed by atoms with Crippen molar-refractivity contribution in [3.05, 3.63) is 11.9 Å². The normalized spacial score (nSPS) is 16.3. The molecule has 1 saturated heterocycles. The quantitative estimate of drug-likeness (QED) is 0.717. The number of carbonyl (C=O) groups is 2. The number of hydrogen-bond acceptors (Lipinski definition) is 5. The second-order valence-corrected chi connectivity index (χ2v) is 6.48. The van der Waals surface area contributed by atoms with Crippen LogP contribution in [-0.4, -0.2) is 72.3 Å². The predicted octanol–water partition coefficient (Wildman–Crippen LogP) is -0.689. The summed E-state index contributed by atoms with van der Waals surface area (Å²) in [6, 6.07) is -0.265. The molecule has 1 fully saturated rings. The van der Waals surface area contributed by atoms with Crippen molar-refractivity contribution in [1.29, 1.82) is 0 Å². The van der Waals surface area contributed by atoms with Crippen LogP contribution in [0.1, 0.15) is 23.5 Å². The van der Waals surface area contributed by atoms with Crippen LogP contribution < -0.4 is 5.32 Å². The number of aromatic carboxylic acids is 1. The van der Waals surface area contributed by atoms with E-state index in [9.17, 15) is 13.8 Å². The van der Waals surface area contributed by atoms with Gasteiger partial charge in [-0.1, -0.05) is 12.1 Å². The van der Waals surface area contributed by atoms with Gasteiger partial charge in [0.25, 0.3) is 0 Å². The van der Waals surface area contributed by atoms with Crippen LogP contribution in [-0.2, 0) is 10.8 Å². The van der Waals surface area contributed by atoms with Crippen LogP contribution >= 0.6 is 0 Å². The number of amides is 2. The van der Waals surface area contributed by atoms with E-state index >= 15 is 0 Å². The molecular weight excluding hydrogens is 298 g/mol. The summed E-state index contributed by atoms with van der Waals surface area (Å²) in [5.74, 6) is -0.0937. The Bertz CT molecular complexity index is 555. The Hall–Kier alpha value is -1.97. The molecule has 1 aromatic rings. The molecule has 10 heteroatoms. The van der Waals surface area contributed by atoms with Gasteiger partial charge in [0.15, 0.2) is 5.69 Å². The van der Waals surface area contributed by atoms with Crippen molar-refractivity contribution in [2.75, 3.05) is 31.1 Å². The van der Waals surface area contributed by atoms with Crippen LogP contribution in [0.4, 0.5) is 4.79 Å². The maximum Gasteiger partial charge on any atom is 0.358 e. The van der Waals surface area contributed by atoms with Crippen LogP contribution in [0, 0.1) is 0 Å². The van der Waals surface area contributed by atoms with E-state index in [1.54, 1.807) is 4.90 Å². The number of nitrogens with one attached hydrogen (secondary N) is 1. The Morgan fingerprint density at radius 2 is 2.24 bits per heavy atom. The highest BCUT2D eigenvalue weighted by Crippen LogP contribution is 2.20. The van der Waals surface area contributed by atoms with Crippen molar-refractivity contribution >= 4 is 22.8 Å². The predicted molar refractivity (Wildman–Crippen MR) is 74.5 cm³/mol. The minimum absolute atomic E-state index is 0.0545. The Morgan fingerprint density at radius 3 is 2.81 bits per heavy atom. The molecule has 1 aromatic heterocycles. The average Bonchev–Trinajstić information content (AvgIpc) is 2.86. The summed E-state index contributed by atoms with van der Waals surface area (Å²) in [6.45, 7) is 3.12. The summed E-state index contributed by atoms with van der Waals surface area (Å²) in [6.07, 6.45) is 1.35. The lowest BCUT2D eigenvalue weighted by molar-refractivity contribution is 0.0690. The van der Waals surface area contributed by atoms with Crippen molar-refractivity contribution in [2.24, 2.45) is 0 Å². The maximum absolute atomic E-state index is 11.8. The second kappa shape index (κ2) is 6.66. The average molecular weight is 315 g/mol. The molecule has 1 aliphatic rings. The van der Waals surface area contributed by atoms with E-state index in [1.165, 1.54) is 10.9 Å². The molecule has 2 amide bonds. The SMILES string of the molecule is CCS(=O)CCNC(=O)N1CC(n2cc(C(=O)O)nn2)C1. The molecule has 21 heavy (non-hydrogen) atoms. The Labute approximate surface area is 123 Å². The minimum atomic E-state index is -1.13. The van der Waals surface area contributed by atoms with E-state index in [1.807, 2.05) is 6.92 Å². The van der Waals surface area contributed by atoms with Gasteiger partial charge in [-0.15, -0.1) is 5.10 Å². The van der Waals surface area contributed by atoms with Gasteiger partial charge in [0.2, 0.25) is 0 Å². The molecule has 9 nitrogen and oxygen atoms in total. The van der Waals surface area contributed by atoms with Crippen molar-refractivity contribution in [2.45, 2.75) is 13.0 Å². The topological polar surface area (TPSA) is 117 Å². The Kier molecular flexibility index (Phi) is 4.89. The molecule has 0 aliphatic carbocycles. The zero-order valence-corrected chi connectivity index (χ0v) is 12.4. The minimum Gasteiger partial charge on any atom is -0.476 e. The number of carboxylic acid groups (broad SMARTS) is 1. The van der Waals surface area contributed by atoms with Gasteiger partial charge in [0.05, 0.1) is 12.2 Å². The largest absolute Gasteiger partial charge is 0.476 e. The van der Waals surface area contributed by atoms with Crippen molar-refractivity contribution in [3.8, 4) is 0 Å². The van der Waals surface area contributed by atoms with Crippen molar-refractivity contribution < 1.29 is 18.9 Å². The number of carboxylic acids is 1. The van der Waals surface area contributed by atoms with Crippen LogP contribution in [0.3, 0.4) is 0 Å². The van der Waals surface area contributed by atoms with Gasteiger partial charge in [0.1, 0.15) is 0 Å². The number of likely N-dealkylation sites (tertiary alicyclic amines) is 1. The van der Waals surface area contributed by atoms with Crippen LogP contribution in [0.15, 0.2) is 6.20 Å². The highest BCUT2D eigenvalue weighted by molar-refractivity contribution is 7.84. The first kappa shape index (κ1) is 15.4. The third-order valence-corrected chi connectivity index (χ3v) is 4.48. The molecule has 1 unspecified atom stereocenters. The van der Waals surface area contributed by atoms with Crippen LogP contribution in [0.25, 0.3) is 0 Å². The third kappa shape index (κ3) is 3.78. The molecule has 0 saturated carbocycles. The lowest BCUT2D eigenvalue weighted by atomic mass is 10.1. The molecule has 2 rings (SSSR count). The fraction of sp³-hybridized carbons (Fsp3) is 0.636. The second-order valence-electron chi connectivity index (χ2n) is 4.61. The van der Waals surface area contributed by atoms with Gasteiger partial charge in [-0.2, -0.15) is 0 Å². The van der Waals surface area contributed by atoms with E-state index in [0.717, 1.165) is 0 Å². The molecule has 2 heterocycles. The molecule has 2 N–H and O–H groups in total. The number of rotatable bonds is 6. The number of nitrogens with zero attached hydrogens (tertiary/aromatic N) is 4. The van der Waals surface area contributed by atoms with Gasteiger partial charge in [-0.3, -0.25) is 4.21 Å². The van der Waals surface area contributed by atoms with Crippen molar-refractivity contribution in [3.63, 3.8) is 0 Å². The summed E-state index contributed by atoms with van der Waals surface area (Å²) in [5, 5.41) is 18.7. The van der Waals surface area contributed by atoms with E-state index in [2.05, 4.69) is 15.6 Å². The molecule has 1 aliphatic heterocycles. The first-order chi connectivity index (χ1) is 10.0. The number of hydrogen-bond donors (Lipinski definition) is 2. The van der Waals surface area contributed by atoms with Gasteiger partial charge >= 0.3 is 12.0 Å². The Balaban J connectivity index is 1.74. The molecule has 1 atom stereocenters. The summed E-state index contributed by atoms with van der Waals surface area (Å²) < 4.78 is 12.7. The van der Waals surface area contributed by atoms with E-state index in [4.69, 9.17) is 5.11 Å². The number of aromatic nitrogens is 3. The van der Waals surface area contributed by atoms with Crippen LogP contribution in [0.5, 0.6) is 0 Å². The Morgan fingerprint density at radius 1 is 1.52 bits per heavy atom. The van der Waals surface area contributed by atoms with Crippen LogP contribution in [0.2, 0.25) is 0 Å². The van der Waals surface area contributed by atoms with E-state index < -0.39 is 16.8 Å². The molecule has 0 radical (unpaired) electrons. The third-order valence-electron chi connectivity index (χ3n) is 3.18. The lowest BCUT2D eigenvalue weighted by Gasteiger charge is -2.38. The zero-order valence-electron chi connectivity index (χ0n) is 11.6. The molecule has 0 aromatic carbocycles. The first-order valence-electron chi connectivity index (χ1n) is 6.54. The van der Waals surface area contributed by atoms with Gasteiger partial charge in [-0.05, 0) is 0 Å². The summed E-state index contributed by atoms with van der Waals surface area (Å²) in [4.78, 5) is 24.0. The molecule has 0 spiro atoms. The van der Waals surface area contributed by atoms with Gasteiger partial charge in [-0.25, -0.2) is 14.3 Å².